The molecule has 0 atom stereocenters. The number of hydrogen-bond donors (Lipinski definition) is 1. The average Bonchev–Trinajstić information content (AvgIpc) is 3.23. The maximum Gasteiger partial charge on any atom is 0.258 e. The maximum absolute atomic E-state index is 11.8. The Morgan fingerprint density at radius 1 is 1.17 bits per heavy atom. The minimum atomic E-state index is -0.181. The number of amides is 1. The van der Waals surface area contributed by atoms with E-state index in [1.807, 2.05) is 60.8 Å². The Bertz CT molecular complexity index is 760. The van der Waals surface area contributed by atoms with Crippen LogP contribution in [0.2, 0.25) is 0 Å². The minimum Gasteiger partial charge on any atom is -0.484 e. The van der Waals surface area contributed by atoms with E-state index < -0.39 is 0 Å². The molecule has 0 fully saturated rings. The molecule has 118 valence electrons. The van der Waals surface area contributed by atoms with Crippen LogP contribution < -0.4 is 10.1 Å². The van der Waals surface area contributed by atoms with Gasteiger partial charge in [-0.3, -0.25) is 4.79 Å². The highest BCUT2D eigenvalue weighted by molar-refractivity contribution is 7.13. The van der Waals surface area contributed by atoms with Crippen molar-refractivity contribution in [3.8, 4) is 16.4 Å². The summed E-state index contributed by atoms with van der Waals surface area (Å²) in [4.78, 5) is 12.9. The van der Waals surface area contributed by atoms with Crippen molar-refractivity contribution in [2.45, 2.75) is 13.5 Å². The van der Waals surface area contributed by atoms with Crippen LogP contribution in [0.3, 0.4) is 0 Å². The molecular formula is C18H17NO3S. The van der Waals surface area contributed by atoms with Crippen LogP contribution in [-0.2, 0) is 11.3 Å². The number of hydrogen-bond acceptors (Lipinski definition) is 4. The molecule has 0 saturated heterocycles. The third-order valence-electron chi connectivity index (χ3n) is 3.28. The summed E-state index contributed by atoms with van der Waals surface area (Å²) >= 11 is 1.62. The molecule has 4 nitrogen and oxygen atoms in total. The van der Waals surface area contributed by atoms with Crippen LogP contribution in [0.1, 0.15) is 11.3 Å². The van der Waals surface area contributed by atoms with Gasteiger partial charge in [-0.15, -0.1) is 11.3 Å². The number of thiophene rings is 1. The monoisotopic (exact) mass is 327 g/mol. The van der Waals surface area contributed by atoms with E-state index in [0.717, 1.165) is 22.0 Å². The van der Waals surface area contributed by atoms with Crippen molar-refractivity contribution >= 4 is 17.2 Å². The van der Waals surface area contributed by atoms with Gasteiger partial charge < -0.3 is 14.5 Å². The van der Waals surface area contributed by atoms with E-state index in [9.17, 15) is 4.79 Å². The Morgan fingerprint density at radius 2 is 2.00 bits per heavy atom. The van der Waals surface area contributed by atoms with Gasteiger partial charge in [-0.05, 0) is 42.6 Å². The molecule has 0 spiro atoms. The molecule has 2 heterocycles. The van der Waals surface area contributed by atoms with E-state index >= 15 is 0 Å². The Kier molecular flexibility index (Phi) is 4.78. The first-order valence-electron chi connectivity index (χ1n) is 7.29. The Morgan fingerprint density at radius 3 is 2.74 bits per heavy atom. The predicted octanol–water partition coefficient (Wildman–Crippen LogP) is 4.01. The third-order valence-corrected chi connectivity index (χ3v) is 4.16. The number of aryl methyl sites for hydroxylation is 1. The van der Waals surface area contributed by atoms with Crippen LogP contribution in [0.5, 0.6) is 5.75 Å². The normalized spacial score (nSPS) is 10.5. The summed E-state index contributed by atoms with van der Waals surface area (Å²) in [6.07, 6.45) is 0. The van der Waals surface area contributed by atoms with Gasteiger partial charge in [-0.1, -0.05) is 23.8 Å². The van der Waals surface area contributed by atoms with Gasteiger partial charge in [0.1, 0.15) is 17.3 Å². The zero-order chi connectivity index (χ0) is 16.1. The summed E-state index contributed by atoms with van der Waals surface area (Å²) in [5, 5.41) is 4.79. The van der Waals surface area contributed by atoms with Crippen LogP contribution in [0, 0.1) is 6.92 Å². The van der Waals surface area contributed by atoms with Gasteiger partial charge in [0.2, 0.25) is 0 Å². The van der Waals surface area contributed by atoms with E-state index in [0.29, 0.717) is 12.3 Å². The molecule has 1 amide bonds. The second-order valence-electron chi connectivity index (χ2n) is 5.12. The number of rotatable bonds is 6. The molecule has 0 aliphatic heterocycles. The number of ether oxygens (including phenoxy) is 1. The van der Waals surface area contributed by atoms with Crippen LogP contribution in [0.15, 0.2) is 58.3 Å². The lowest BCUT2D eigenvalue weighted by atomic mass is 10.2. The molecule has 0 saturated carbocycles. The molecule has 0 unspecified atom stereocenters. The van der Waals surface area contributed by atoms with Crippen molar-refractivity contribution in [3.05, 3.63) is 65.2 Å². The standard InChI is InChI=1S/C18H17NO3S/c1-13-4-6-14(7-5-13)21-12-18(20)19-11-15-8-9-16(22-15)17-3-2-10-23-17/h2-10H,11-12H2,1H3,(H,19,20). The topological polar surface area (TPSA) is 51.5 Å². The van der Waals surface area contributed by atoms with E-state index in [2.05, 4.69) is 5.32 Å². The lowest BCUT2D eigenvalue weighted by Gasteiger charge is -2.06. The van der Waals surface area contributed by atoms with Crippen molar-refractivity contribution < 1.29 is 13.9 Å². The Labute approximate surface area is 138 Å². The van der Waals surface area contributed by atoms with Gasteiger partial charge in [0.25, 0.3) is 5.91 Å². The average molecular weight is 327 g/mol. The summed E-state index contributed by atoms with van der Waals surface area (Å²) in [6.45, 7) is 2.34. The highest BCUT2D eigenvalue weighted by Crippen LogP contribution is 2.26. The van der Waals surface area contributed by atoms with Gasteiger partial charge >= 0.3 is 0 Å². The fraction of sp³-hybridized carbons (Fsp3) is 0.167. The summed E-state index contributed by atoms with van der Waals surface area (Å²) in [6, 6.07) is 15.4. The van der Waals surface area contributed by atoms with E-state index in [-0.39, 0.29) is 12.5 Å². The van der Waals surface area contributed by atoms with Crippen LogP contribution >= 0.6 is 11.3 Å². The number of carbonyl (C=O) groups is 1. The number of nitrogens with one attached hydrogen (secondary N) is 1. The Balaban J connectivity index is 1.46. The summed E-state index contributed by atoms with van der Waals surface area (Å²) in [7, 11) is 0. The zero-order valence-electron chi connectivity index (χ0n) is 12.7. The minimum absolute atomic E-state index is 0.0123. The van der Waals surface area contributed by atoms with Crippen molar-refractivity contribution in [2.24, 2.45) is 0 Å². The fourth-order valence-corrected chi connectivity index (χ4v) is 2.73. The highest BCUT2D eigenvalue weighted by atomic mass is 32.1. The van der Waals surface area contributed by atoms with Gasteiger partial charge in [0.15, 0.2) is 6.61 Å². The largest absolute Gasteiger partial charge is 0.484 e. The molecule has 1 N–H and O–H groups in total. The summed E-state index contributed by atoms with van der Waals surface area (Å²) in [5.74, 6) is 2.04. The number of furan rings is 1. The lowest BCUT2D eigenvalue weighted by molar-refractivity contribution is -0.123. The van der Waals surface area contributed by atoms with Crippen LogP contribution in [-0.4, -0.2) is 12.5 Å². The van der Waals surface area contributed by atoms with Crippen LogP contribution in [0.25, 0.3) is 10.6 Å². The van der Waals surface area contributed by atoms with Gasteiger partial charge in [0, 0.05) is 0 Å². The second kappa shape index (κ2) is 7.15. The highest BCUT2D eigenvalue weighted by Gasteiger charge is 2.07. The second-order valence-corrected chi connectivity index (χ2v) is 6.07. The van der Waals surface area contributed by atoms with Gasteiger partial charge in [-0.2, -0.15) is 0 Å². The SMILES string of the molecule is Cc1ccc(OCC(=O)NCc2ccc(-c3cccs3)o2)cc1. The van der Waals surface area contributed by atoms with E-state index in [4.69, 9.17) is 9.15 Å². The molecule has 0 bridgehead atoms. The van der Waals surface area contributed by atoms with E-state index in [1.165, 1.54) is 0 Å². The first kappa shape index (κ1) is 15.4. The molecular weight excluding hydrogens is 310 g/mol. The molecule has 23 heavy (non-hydrogen) atoms. The molecule has 3 rings (SSSR count). The fourth-order valence-electron chi connectivity index (χ4n) is 2.04. The third kappa shape index (κ3) is 4.23. The predicted molar refractivity (Wildman–Crippen MR) is 90.5 cm³/mol. The first-order valence-corrected chi connectivity index (χ1v) is 8.17. The lowest BCUT2D eigenvalue weighted by Crippen LogP contribution is -2.28. The van der Waals surface area contributed by atoms with Crippen LogP contribution in [0.4, 0.5) is 0 Å². The molecule has 0 aliphatic carbocycles. The number of benzene rings is 1. The van der Waals surface area contributed by atoms with Crippen molar-refractivity contribution in [2.75, 3.05) is 6.61 Å². The van der Waals surface area contributed by atoms with Crippen molar-refractivity contribution in [3.63, 3.8) is 0 Å². The molecule has 1 aromatic carbocycles. The smallest absolute Gasteiger partial charge is 0.258 e. The van der Waals surface area contributed by atoms with Crippen molar-refractivity contribution in [1.82, 2.24) is 5.32 Å². The molecule has 5 heteroatoms. The molecule has 3 aromatic rings. The van der Waals surface area contributed by atoms with Crippen molar-refractivity contribution in [1.29, 1.82) is 0 Å². The Hall–Kier alpha value is -2.53. The van der Waals surface area contributed by atoms with Gasteiger partial charge in [0.05, 0.1) is 11.4 Å². The zero-order valence-corrected chi connectivity index (χ0v) is 13.6. The molecule has 0 aliphatic rings. The first-order chi connectivity index (χ1) is 11.2. The molecule has 0 radical (unpaired) electrons. The summed E-state index contributed by atoms with van der Waals surface area (Å²) in [5.41, 5.74) is 1.15. The number of carbonyl (C=O) groups excluding carboxylic acids is 1. The molecule has 2 aromatic heterocycles. The maximum atomic E-state index is 11.8. The van der Waals surface area contributed by atoms with Gasteiger partial charge in [-0.25, -0.2) is 0 Å². The van der Waals surface area contributed by atoms with E-state index in [1.54, 1.807) is 11.3 Å². The quantitative estimate of drug-likeness (QED) is 0.744. The summed E-state index contributed by atoms with van der Waals surface area (Å²) < 4.78 is 11.1.